The van der Waals surface area contributed by atoms with E-state index in [1.807, 2.05) is 0 Å². The van der Waals surface area contributed by atoms with Gasteiger partial charge in [0.2, 0.25) is 0 Å². The Bertz CT molecular complexity index is 472. The van der Waals surface area contributed by atoms with Gasteiger partial charge in [-0.15, -0.1) is 0 Å². The summed E-state index contributed by atoms with van der Waals surface area (Å²) in [4.78, 5) is 3.98. The Morgan fingerprint density at radius 2 is 2.29 bits per heavy atom. The SMILES string of the molecule is c1cc(C2CCCCN2)cc(-n2cncn2)c1. The van der Waals surface area contributed by atoms with Crippen molar-refractivity contribution in [2.24, 2.45) is 0 Å². The quantitative estimate of drug-likeness (QED) is 0.855. The number of piperidine rings is 1. The second kappa shape index (κ2) is 4.67. The minimum absolute atomic E-state index is 0.493. The first-order valence-electron chi connectivity index (χ1n) is 6.12. The Morgan fingerprint density at radius 3 is 3.06 bits per heavy atom. The number of nitrogens with one attached hydrogen (secondary N) is 1. The van der Waals surface area contributed by atoms with Gasteiger partial charge in [0, 0.05) is 6.04 Å². The maximum absolute atomic E-state index is 4.16. The molecule has 3 rings (SSSR count). The average Bonchev–Trinajstić information content (AvgIpc) is 2.94. The first-order chi connectivity index (χ1) is 8.43. The van der Waals surface area contributed by atoms with E-state index in [1.165, 1.54) is 24.8 Å². The fraction of sp³-hybridized carbons (Fsp3) is 0.385. The van der Waals surface area contributed by atoms with Crippen molar-refractivity contribution in [3.8, 4) is 5.69 Å². The summed E-state index contributed by atoms with van der Waals surface area (Å²) in [7, 11) is 0. The maximum Gasteiger partial charge on any atom is 0.138 e. The van der Waals surface area contributed by atoms with Gasteiger partial charge in [0.05, 0.1) is 5.69 Å². The molecule has 1 saturated heterocycles. The highest BCUT2D eigenvalue weighted by atomic mass is 15.3. The van der Waals surface area contributed by atoms with Crippen molar-refractivity contribution in [3.05, 3.63) is 42.5 Å². The lowest BCUT2D eigenvalue weighted by atomic mass is 9.97. The van der Waals surface area contributed by atoms with Gasteiger partial charge in [0.15, 0.2) is 0 Å². The summed E-state index contributed by atoms with van der Waals surface area (Å²) >= 11 is 0. The summed E-state index contributed by atoms with van der Waals surface area (Å²) < 4.78 is 1.80. The first kappa shape index (κ1) is 10.5. The van der Waals surface area contributed by atoms with E-state index in [9.17, 15) is 0 Å². The van der Waals surface area contributed by atoms with E-state index >= 15 is 0 Å². The third kappa shape index (κ3) is 2.22. The highest BCUT2D eigenvalue weighted by molar-refractivity contribution is 5.36. The van der Waals surface area contributed by atoms with Crippen LogP contribution in [0.3, 0.4) is 0 Å². The Kier molecular flexibility index (Phi) is 2.88. The molecule has 4 nitrogen and oxygen atoms in total. The lowest BCUT2D eigenvalue weighted by Crippen LogP contribution is -2.26. The van der Waals surface area contributed by atoms with Gasteiger partial charge in [0.1, 0.15) is 12.7 Å². The van der Waals surface area contributed by atoms with Gasteiger partial charge < -0.3 is 5.32 Å². The van der Waals surface area contributed by atoms with Crippen LogP contribution in [0.25, 0.3) is 5.69 Å². The molecular formula is C13H16N4. The Hall–Kier alpha value is -1.68. The fourth-order valence-corrected chi connectivity index (χ4v) is 2.36. The predicted molar refractivity (Wildman–Crippen MR) is 66.0 cm³/mol. The van der Waals surface area contributed by atoms with Crippen LogP contribution in [0.4, 0.5) is 0 Å². The molecule has 0 radical (unpaired) electrons. The molecule has 2 heterocycles. The molecule has 1 N–H and O–H groups in total. The van der Waals surface area contributed by atoms with Crippen molar-refractivity contribution in [3.63, 3.8) is 0 Å². The van der Waals surface area contributed by atoms with Crippen LogP contribution in [0.15, 0.2) is 36.9 Å². The molecule has 1 aliphatic rings. The summed E-state index contributed by atoms with van der Waals surface area (Å²) in [5, 5.41) is 7.72. The summed E-state index contributed by atoms with van der Waals surface area (Å²) in [6.07, 6.45) is 7.12. The van der Waals surface area contributed by atoms with Crippen molar-refractivity contribution in [1.82, 2.24) is 20.1 Å². The van der Waals surface area contributed by atoms with Crippen LogP contribution in [0.1, 0.15) is 30.9 Å². The zero-order valence-corrected chi connectivity index (χ0v) is 9.71. The molecule has 88 valence electrons. The van der Waals surface area contributed by atoms with Crippen molar-refractivity contribution < 1.29 is 0 Å². The van der Waals surface area contributed by atoms with Gasteiger partial charge in [-0.1, -0.05) is 18.6 Å². The predicted octanol–water partition coefficient (Wildman–Crippen LogP) is 2.08. The third-order valence-corrected chi connectivity index (χ3v) is 3.27. The van der Waals surface area contributed by atoms with Gasteiger partial charge >= 0.3 is 0 Å². The van der Waals surface area contributed by atoms with Crippen molar-refractivity contribution >= 4 is 0 Å². The van der Waals surface area contributed by atoms with E-state index in [0.717, 1.165) is 12.2 Å². The van der Waals surface area contributed by atoms with Crippen molar-refractivity contribution in [2.75, 3.05) is 6.54 Å². The molecule has 1 aliphatic heterocycles. The Labute approximate surface area is 101 Å². The number of benzene rings is 1. The van der Waals surface area contributed by atoms with Crippen molar-refractivity contribution in [2.45, 2.75) is 25.3 Å². The van der Waals surface area contributed by atoms with Gasteiger partial charge in [-0.05, 0) is 37.1 Å². The number of hydrogen-bond donors (Lipinski definition) is 1. The zero-order valence-electron chi connectivity index (χ0n) is 9.71. The highest BCUT2D eigenvalue weighted by Crippen LogP contribution is 2.24. The highest BCUT2D eigenvalue weighted by Gasteiger charge is 2.14. The third-order valence-electron chi connectivity index (χ3n) is 3.27. The van der Waals surface area contributed by atoms with Crippen LogP contribution in [0.5, 0.6) is 0 Å². The molecular weight excluding hydrogens is 212 g/mol. The normalized spacial score (nSPS) is 20.4. The maximum atomic E-state index is 4.16. The largest absolute Gasteiger partial charge is 0.310 e. The first-order valence-corrected chi connectivity index (χ1v) is 6.12. The summed E-state index contributed by atoms with van der Waals surface area (Å²) in [5.74, 6) is 0. The van der Waals surface area contributed by atoms with E-state index in [2.05, 4.69) is 39.7 Å². The molecule has 1 aromatic heterocycles. The second-order valence-corrected chi connectivity index (χ2v) is 4.44. The monoisotopic (exact) mass is 228 g/mol. The smallest absolute Gasteiger partial charge is 0.138 e. The molecule has 0 amide bonds. The summed E-state index contributed by atoms with van der Waals surface area (Å²) in [6.45, 7) is 1.12. The molecule has 4 heteroatoms. The minimum Gasteiger partial charge on any atom is -0.310 e. The second-order valence-electron chi connectivity index (χ2n) is 4.44. The van der Waals surface area contributed by atoms with Crippen LogP contribution in [-0.4, -0.2) is 21.3 Å². The lowest BCUT2D eigenvalue weighted by molar-refractivity contribution is 0.412. The number of hydrogen-bond acceptors (Lipinski definition) is 3. The summed E-state index contributed by atoms with van der Waals surface area (Å²) in [6, 6.07) is 9.01. The molecule has 0 bridgehead atoms. The van der Waals surface area contributed by atoms with Gasteiger partial charge in [0.25, 0.3) is 0 Å². The molecule has 0 aliphatic carbocycles. The van der Waals surface area contributed by atoms with E-state index in [4.69, 9.17) is 0 Å². The number of nitrogens with zero attached hydrogens (tertiary/aromatic N) is 3. The molecule has 1 fully saturated rings. The Morgan fingerprint density at radius 1 is 1.29 bits per heavy atom. The van der Waals surface area contributed by atoms with E-state index < -0.39 is 0 Å². The Balaban J connectivity index is 1.88. The van der Waals surface area contributed by atoms with Crippen LogP contribution in [-0.2, 0) is 0 Å². The van der Waals surface area contributed by atoms with E-state index in [-0.39, 0.29) is 0 Å². The molecule has 1 atom stereocenters. The number of rotatable bonds is 2. The zero-order chi connectivity index (χ0) is 11.5. The van der Waals surface area contributed by atoms with Crippen LogP contribution in [0.2, 0.25) is 0 Å². The van der Waals surface area contributed by atoms with Gasteiger partial charge in [-0.3, -0.25) is 0 Å². The van der Waals surface area contributed by atoms with E-state index in [0.29, 0.717) is 6.04 Å². The van der Waals surface area contributed by atoms with Crippen LogP contribution in [0, 0.1) is 0 Å². The fourth-order valence-electron chi connectivity index (χ4n) is 2.36. The molecule has 1 unspecified atom stereocenters. The van der Waals surface area contributed by atoms with Gasteiger partial charge in [-0.25, -0.2) is 9.67 Å². The minimum atomic E-state index is 0.493. The molecule has 1 aromatic carbocycles. The van der Waals surface area contributed by atoms with Gasteiger partial charge in [-0.2, -0.15) is 5.10 Å². The van der Waals surface area contributed by atoms with Crippen LogP contribution < -0.4 is 5.32 Å². The molecule has 17 heavy (non-hydrogen) atoms. The average molecular weight is 228 g/mol. The van der Waals surface area contributed by atoms with Crippen LogP contribution >= 0.6 is 0 Å². The van der Waals surface area contributed by atoms with Crippen molar-refractivity contribution in [1.29, 1.82) is 0 Å². The molecule has 0 saturated carbocycles. The van der Waals surface area contributed by atoms with E-state index in [1.54, 1.807) is 17.3 Å². The topological polar surface area (TPSA) is 42.7 Å². The standard InChI is InChI=1S/C13H16N4/c1-2-7-15-13(6-1)11-4-3-5-12(8-11)17-10-14-9-16-17/h3-5,8-10,13,15H,1-2,6-7H2. The molecule has 0 spiro atoms. The number of aromatic nitrogens is 3. The summed E-state index contributed by atoms with van der Waals surface area (Å²) in [5.41, 5.74) is 2.42. The molecule has 2 aromatic rings. The lowest BCUT2D eigenvalue weighted by Gasteiger charge is -2.24.